The van der Waals surface area contributed by atoms with Crippen LogP contribution in [-0.4, -0.2) is 24.6 Å². The van der Waals surface area contributed by atoms with E-state index in [9.17, 15) is 9.59 Å². The molecule has 0 saturated carbocycles. The summed E-state index contributed by atoms with van der Waals surface area (Å²) in [4.78, 5) is 25.0. The van der Waals surface area contributed by atoms with Gasteiger partial charge in [0.2, 0.25) is 0 Å². The van der Waals surface area contributed by atoms with Crippen molar-refractivity contribution in [1.29, 1.82) is 0 Å². The Balaban J connectivity index is 1.69. The molecule has 0 fully saturated rings. The lowest BCUT2D eigenvalue weighted by Crippen LogP contribution is -2.41. The molecule has 4 aliphatic carbocycles. The molecule has 0 N–H and O–H groups in total. The Morgan fingerprint density at radius 1 is 1.11 bits per heavy atom. The molecule has 4 nitrogen and oxygen atoms in total. The quantitative estimate of drug-likeness (QED) is 0.446. The van der Waals surface area contributed by atoms with Gasteiger partial charge in [0.1, 0.15) is 0 Å². The molecule has 5 aliphatic rings. The number of ether oxygens (including phenoxy) is 2. The Hall–Kier alpha value is -3.14. The first-order chi connectivity index (χ1) is 13.2. The highest BCUT2D eigenvalue weighted by molar-refractivity contribution is 6.17. The van der Waals surface area contributed by atoms with Gasteiger partial charge in [0, 0.05) is 23.3 Å². The van der Waals surface area contributed by atoms with Crippen LogP contribution in [0.5, 0.6) is 0 Å². The second-order valence-corrected chi connectivity index (χ2v) is 7.55. The fraction of sp³-hybridized carbons (Fsp3) is 0.217. The van der Waals surface area contributed by atoms with Crippen LogP contribution in [0.1, 0.15) is 23.0 Å². The van der Waals surface area contributed by atoms with E-state index in [1.54, 1.807) is 0 Å². The minimum atomic E-state index is -0.956. The molecule has 0 amide bonds. The summed E-state index contributed by atoms with van der Waals surface area (Å²) < 4.78 is 10.9. The summed E-state index contributed by atoms with van der Waals surface area (Å²) in [5.74, 6) is -0.928. The van der Waals surface area contributed by atoms with Gasteiger partial charge in [-0.25, -0.2) is 9.59 Å². The Labute approximate surface area is 155 Å². The van der Waals surface area contributed by atoms with Crippen molar-refractivity contribution in [2.24, 2.45) is 5.92 Å². The zero-order chi connectivity index (χ0) is 18.3. The van der Waals surface area contributed by atoms with Crippen LogP contribution in [0.15, 0.2) is 71.8 Å². The number of allylic oxidation sites excluding steroid dienone is 2. The normalized spacial score (nSPS) is 31.7. The minimum Gasteiger partial charge on any atom is -0.465 e. The van der Waals surface area contributed by atoms with Gasteiger partial charge in [0.15, 0.2) is 11.2 Å². The SMILES string of the molecule is COC(=O)C1=C2C=CC3C=CC2(OC1=O)[C@H]1c2cccc4cccc(c24)[C@@H]31. The van der Waals surface area contributed by atoms with E-state index < -0.39 is 17.5 Å². The van der Waals surface area contributed by atoms with Crippen molar-refractivity contribution < 1.29 is 19.1 Å². The van der Waals surface area contributed by atoms with Crippen molar-refractivity contribution in [2.75, 3.05) is 7.11 Å². The van der Waals surface area contributed by atoms with Gasteiger partial charge >= 0.3 is 11.9 Å². The van der Waals surface area contributed by atoms with E-state index in [1.165, 1.54) is 29.0 Å². The lowest BCUT2D eigenvalue weighted by molar-refractivity contribution is -0.149. The topological polar surface area (TPSA) is 52.6 Å². The summed E-state index contributed by atoms with van der Waals surface area (Å²) in [7, 11) is 1.29. The van der Waals surface area contributed by atoms with Crippen molar-refractivity contribution in [2.45, 2.75) is 17.4 Å². The molecule has 2 bridgehead atoms. The summed E-state index contributed by atoms with van der Waals surface area (Å²) in [5, 5.41) is 2.45. The van der Waals surface area contributed by atoms with Crippen molar-refractivity contribution in [3.63, 3.8) is 0 Å². The van der Waals surface area contributed by atoms with E-state index in [-0.39, 0.29) is 23.3 Å². The molecule has 1 aliphatic heterocycles. The van der Waals surface area contributed by atoms with Gasteiger partial charge in [-0.2, -0.15) is 0 Å². The first-order valence-corrected chi connectivity index (χ1v) is 9.11. The van der Waals surface area contributed by atoms with Gasteiger partial charge < -0.3 is 9.47 Å². The molecule has 2 unspecified atom stereocenters. The van der Waals surface area contributed by atoms with Crippen LogP contribution in [0.2, 0.25) is 0 Å². The molecule has 0 aromatic heterocycles. The Kier molecular flexibility index (Phi) is 2.64. The van der Waals surface area contributed by atoms with Crippen molar-refractivity contribution in [1.82, 2.24) is 0 Å². The first-order valence-electron chi connectivity index (χ1n) is 9.11. The van der Waals surface area contributed by atoms with Crippen LogP contribution in [0.25, 0.3) is 10.8 Å². The maximum absolute atomic E-state index is 12.7. The minimum absolute atomic E-state index is 0.0165. The van der Waals surface area contributed by atoms with Crippen LogP contribution in [0.3, 0.4) is 0 Å². The number of hydrogen-bond acceptors (Lipinski definition) is 4. The van der Waals surface area contributed by atoms with Crippen LogP contribution in [-0.2, 0) is 19.1 Å². The molecule has 4 heteroatoms. The van der Waals surface area contributed by atoms with Crippen LogP contribution in [0.4, 0.5) is 0 Å². The molecule has 4 atom stereocenters. The highest BCUT2D eigenvalue weighted by atomic mass is 16.6. The van der Waals surface area contributed by atoms with Gasteiger partial charge in [-0.05, 0) is 28.0 Å². The summed E-state index contributed by atoms with van der Waals surface area (Å²) in [5.41, 5.74) is 2.15. The van der Waals surface area contributed by atoms with E-state index in [2.05, 4.69) is 48.6 Å². The first kappa shape index (κ1) is 15.0. The number of hydrogen-bond donors (Lipinski definition) is 0. The summed E-state index contributed by atoms with van der Waals surface area (Å²) in [6, 6.07) is 12.7. The molecule has 7 rings (SSSR count). The Bertz CT molecular complexity index is 1150. The number of benzene rings is 2. The van der Waals surface area contributed by atoms with E-state index in [0.717, 1.165) is 0 Å². The number of carbonyl (C=O) groups excluding carboxylic acids is 2. The maximum atomic E-state index is 12.7. The van der Waals surface area contributed by atoms with E-state index in [1.807, 2.05) is 12.2 Å². The lowest BCUT2D eigenvalue weighted by Gasteiger charge is -2.40. The second-order valence-electron chi connectivity index (χ2n) is 7.55. The summed E-state index contributed by atoms with van der Waals surface area (Å²) in [6.45, 7) is 0. The van der Waals surface area contributed by atoms with Gasteiger partial charge in [-0.3, -0.25) is 0 Å². The van der Waals surface area contributed by atoms with Gasteiger partial charge in [-0.1, -0.05) is 54.6 Å². The summed E-state index contributed by atoms with van der Waals surface area (Å²) in [6.07, 6.45) is 8.08. The van der Waals surface area contributed by atoms with Crippen LogP contribution < -0.4 is 0 Å². The Morgan fingerprint density at radius 2 is 1.89 bits per heavy atom. The predicted molar refractivity (Wildman–Crippen MR) is 99.1 cm³/mol. The fourth-order valence-electron chi connectivity index (χ4n) is 5.53. The van der Waals surface area contributed by atoms with Crippen molar-refractivity contribution in [3.05, 3.63) is 83.0 Å². The van der Waals surface area contributed by atoms with E-state index in [0.29, 0.717) is 5.57 Å². The second kappa shape index (κ2) is 4.77. The molecule has 1 heterocycles. The third-order valence-corrected chi connectivity index (χ3v) is 6.50. The highest BCUT2D eigenvalue weighted by Gasteiger charge is 2.61. The number of rotatable bonds is 1. The largest absolute Gasteiger partial charge is 0.465 e. The molecule has 0 radical (unpaired) electrons. The number of esters is 2. The van der Waals surface area contributed by atoms with Gasteiger partial charge in [-0.15, -0.1) is 0 Å². The molecule has 132 valence electrons. The Morgan fingerprint density at radius 3 is 2.67 bits per heavy atom. The average molecular weight is 356 g/mol. The molecule has 0 saturated heterocycles. The predicted octanol–water partition coefficient (Wildman–Crippen LogP) is 3.54. The molecular formula is C23H16O4. The lowest BCUT2D eigenvalue weighted by atomic mass is 9.66. The third-order valence-electron chi connectivity index (χ3n) is 6.50. The molecule has 1 spiro atoms. The van der Waals surface area contributed by atoms with E-state index >= 15 is 0 Å². The zero-order valence-electron chi connectivity index (χ0n) is 14.6. The van der Waals surface area contributed by atoms with Crippen LogP contribution >= 0.6 is 0 Å². The van der Waals surface area contributed by atoms with Gasteiger partial charge in [0.25, 0.3) is 0 Å². The third kappa shape index (κ3) is 1.60. The number of carbonyl (C=O) groups is 2. The zero-order valence-corrected chi connectivity index (χ0v) is 14.6. The van der Waals surface area contributed by atoms with Gasteiger partial charge in [0.05, 0.1) is 7.11 Å². The molecule has 2 aromatic rings. The molecule has 2 aromatic carbocycles. The highest BCUT2D eigenvalue weighted by Crippen LogP contribution is 2.63. The standard InChI is InChI=1S/C23H16O4/c1-26-21(24)19-16-9-8-13-10-11-23(16,27-22(19)25)20-15-7-3-5-12-4-2-6-14(17(12)15)18(13)20/h2-11,13,18,20H,1H3/t13?,18-,20+,23?/m1/s1. The number of methoxy groups -OCH3 is 1. The van der Waals surface area contributed by atoms with Crippen molar-refractivity contribution in [3.8, 4) is 0 Å². The van der Waals surface area contributed by atoms with Crippen molar-refractivity contribution >= 4 is 22.7 Å². The smallest absolute Gasteiger partial charge is 0.347 e. The monoisotopic (exact) mass is 356 g/mol. The summed E-state index contributed by atoms with van der Waals surface area (Å²) >= 11 is 0. The molecule has 27 heavy (non-hydrogen) atoms. The average Bonchev–Trinajstić information content (AvgIpc) is 3.05. The maximum Gasteiger partial charge on any atom is 0.347 e. The molecular weight excluding hydrogens is 340 g/mol. The fourth-order valence-corrected chi connectivity index (χ4v) is 5.53. The van der Waals surface area contributed by atoms with Crippen LogP contribution in [0, 0.1) is 5.92 Å². The van der Waals surface area contributed by atoms with E-state index in [4.69, 9.17) is 9.47 Å².